The quantitative estimate of drug-likeness (QED) is 0.743. The van der Waals surface area contributed by atoms with Crippen LogP contribution in [0.15, 0.2) is 42.7 Å². The molecule has 32 heavy (non-hydrogen) atoms. The average molecular weight is 469 g/mol. The average Bonchev–Trinajstić information content (AvgIpc) is 3.24. The summed E-state index contributed by atoms with van der Waals surface area (Å²) in [6.07, 6.45) is 0.227. The zero-order valence-electron chi connectivity index (χ0n) is 17.2. The summed E-state index contributed by atoms with van der Waals surface area (Å²) >= 11 is 0. The molecule has 2 amide bonds. The molecule has 11 heteroatoms. The number of aromatic nitrogens is 1. The number of carbonyl (C=O) groups excluding carboxylic acids is 1. The second kappa shape index (κ2) is 8.61. The van der Waals surface area contributed by atoms with E-state index >= 15 is 0 Å². The van der Waals surface area contributed by atoms with Crippen LogP contribution in [0.2, 0.25) is 0 Å². The number of urea groups is 1. The van der Waals surface area contributed by atoms with Crippen LogP contribution in [0.4, 0.5) is 29.3 Å². The van der Waals surface area contributed by atoms with Crippen molar-refractivity contribution in [3.8, 4) is 0 Å². The van der Waals surface area contributed by atoms with Crippen molar-refractivity contribution in [1.82, 2.24) is 9.88 Å². The fourth-order valence-electron chi connectivity index (χ4n) is 4.17. The van der Waals surface area contributed by atoms with Gasteiger partial charge >= 0.3 is 12.2 Å². The van der Waals surface area contributed by atoms with Crippen molar-refractivity contribution in [2.24, 2.45) is 0 Å². The zero-order chi connectivity index (χ0) is 22.9. The summed E-state index contributed by atoms with van der Waals surface area (Å²) in [6.45, 7) is 0.787. The van der Waals surface area contributed by atoms with Crippen molar-refractivity contribution in [2.45, 2.75) is 25.1 Å². The van der Waals surface area contributed by atoms with Gasteiger partial charge in [0, 0.05) is 32.0 Å². The van der Waals surface area contributed by atoms with Gasteiger partial charge in [0.25, 0.3) is 0 Å². The van der Waals surface area contributed by atoms with Crippen LogP contribution in [0.1, 0.15) is 30.0 Å². The third-order valence-corrected chi connectivity index (χ3v) is 7.46. The van der Waals surface area contributed by atoms with E-state index in [2.05, 4.69) is 10.3 Å². The van der Waals surface area contributed by atoms with E-state index in [-0.39, 0.29) is 36.3 Å². The first-order valence-electron chi connectivity index (χ1n) is 10.3. The summed E-state index contributed by atoms with van der Waals surface area (Å²) in [7, 11) is -3.16. The normalized spacial score (nSPS) is 20.9. The Kier molecular flexibility index (Phi) is 6.02. The SMILES string of the molecule is O=C(Nc1cc(C(F)(F)F)ccc1N1CCS(=O)(=O)CC1)N1CCCC1c1ccncc1. The molecule has 2 aliphatic heterocycles. The van der Waals surface area contributed by atoms with Crippen LogP contribution in [-0.4, -0.2) is 55.5 Å². The minimum absolute atomic E-state index is 0.0181. The van der Waals surface area contributed by atoms with Crippen LogP contribution in [0.3, 0.4) is 0 Å². The van der Waals surface area contributed by atoms with Gasteiger partial charge in [-0.25, -0.2) is 13.2 Å². The van der Waals surface area contributed by atoms with E-state index in [9.17, 15) is 26.4 Å². The lowest BCUT2D eigenvalue weighted by atomic mass is 10.1. The fourth-order valence-corrected chi connectivity index (χ4v) is 5.37. The Balaban J connectivity index is 1.61. The molecule has 1 aromatic heterocycles. The zero-order valence-corrected chi connectivity index (χ0v) is 18.0. The van der Waals surface area contributed by atoms with E-state index in [1.165, 1.54) is 6.07 Å². The number of carbonyl (C=O) groups is 1. The molecule has 0 radical (unpaired) electrons. The van der Waals surface area contributed by atoms with Gasteiger partial charge in [0.15, 0.2) is 9.84 Å². The minimum Gasteiger partial charge on any atom is -0.368 e. The molecule has 3 heterocycles. The maximum absolute atomic E-state index is 13.3. The highest BCUT2D eigenvalue weighted by molar-refractivity contribution is 7.91. The lowest BCUT2D eigenvalue weighted by molar-refractivity contribution is -0.137. The van der Waals surface area contributed by atoms with E-state index < -0.39 is 27.6 Å². The van der Waals surface area contributed by atoms with Crippen LogP contribution < -0.4 is 10.2 Å². The van der Waals surface area contributed by atoms with Gasteiger partial charge in [-0.3, -0.25) is 4.98 Å². The fraction of sp³-hybridized carbons (Fsp3) is 0.429. The summed E-state index contributed by atoms with van der Waals surface area (Å²) in [4.78, 5) is 20.4. The van der Waals surface area contributed by atoms with Gasteiger partial charge in [0.2, 0.25) is 0 Å². The number of benzene rings is 1. The van der Waals surface area contributed by atoms with Gasteiger partial charge in [-0.05, 0) is 48.7 Å². The molecule has 2 saturated heterocycles. The molecule has 1 N–H and O–H groups in total. The highest BCUT2D eigenvalue weighted by Crippen LogP contribution is 2.37. The molecule has 1 atom stereocenters. The Hall–Kier alpha value is -2.82. The molecule has 0 saturated carbocycles. The third-order valence-electron chi connectivity index (χ3n) is 5.86. The maximum Gasteiger partial charge on any atom is 0.416 e. The Morgan fingerprint density at radius 1 is 1.06 bits per heavy atom. The van der Waals surface area contributed by atoms with E-state index in [0.29, 0.717) is 12.2 Å². The number of anilines is 2. The first-order chi connectivity index (χ1) is 15.1. The topological polar surface area (TPSA) is 82.6 Å². The standard InChI is InChI=1S/C21H23F3N4O3S/c22-21(23,24)16-3-4-19(27-10-12-32(30,31)13-11-27)17(14-16)26-20(29)28-9-1-2-18(28)15-5-7-25-8-6-15/h3-8,14,18H,1-2,9-13H2,(H,26,29). The number of halogens is 3. The van der Waals surface area contributed by atoms with Gasteiger partial charge in [0.1, 0.15) is 0 Å². The molecule has 4 rings (SSSR count). The molecule has 2 aromatic rings. The number of alkyl halides is 3. The minimum atomic E-state index is -4.57. The van der Waals surface area contributed by atoms with Crippen LogP contribution >= 0.6 is 0 Å². The molecule has 2 aliphatic rings. The van der Waals surface area contributed by atoms with Crippen LogP contribution in [0.5, 0.6) is 0 Å². The number of likely N-dealkylation sites (tertiary alicyclic amines) is 1. The summed E-state index contributed by atoms with van der Waals surface area (Å²) < 4.78 is 63.6. The summed E-state index contributed by atoms with van der Waals surface area (Å²) in [5.74, 6) is -0.171. The van der Waals surface area contributed by atoms with E-state index in [0.717, 1.165) is 30.5 Å². The van der Waals surface area contributed by atoms with Crippen molar-refractivity contribution in [3.05, 3.63) is 53.9 Å². The number of nitrogens with zero attached hydrogens (tertiary/aromatic N) is 3. The van der Waals surface area contributed by atoms with Crippen LogP contribution in [0.25, 0.3) is 0 Å². The molecule has 0 aliphatic carbocycles. The van der Waals surface area contributed by atoms with E-state index in [1.807, 2.05) is 12.1 Å². The molecule has 1 aromatic carbocycles. The highest BCUT2D eigenvalue weighted by atomic mass is 32.2. The number of amides is 2. The molecule has 1 unspecified atom stereocenters. The number of hydrogen-bond donors (Lipinski definition) is 1. The summed E-state index contributed by atoms with van der Waals surface area (Å²) in [5, 5.41) is 2.66. The second-order valence-electron chi connectivity index (χ2n) is 7.93. The van der Waals surface area contributed by atoms with Crippen LogP contribution in [-0.2, 0) is 16.0 Å². The van der Waals surface area contributed by atoms with Crippen molar-refractivity contribution >= 4 is 27.2 Å². The number of sulfone groups is 1. The number of rotatable bonds is 3. The lowest BCUT2D eigenvalue weighted by Crippen LogP contribution is -2.41. The van der Waals surface area contributed by atoms with Crippen molar-refractivity contribution in [2.75, 3.05) is 41.4 Å². The van der Waals surface area contributed by atoms with Gasteiger partial charge in [-0.15, -0.1) is 0 Å². The molecule has 2 fully saturated rings. The largest absolute Gasteiger partial charge is 0.416 e. The number of nitrogens with one attached hydrogen (secondary N) is 1. The van der Waals surface area contributed by atoms with E-state index in [4.69, 9.17) is 0 Å². The molecule has 7 nitrogen and oxygen atoms in total. The summed E-state index contributed by atoms with van der Waals surface area (Å²) in [5.41, 5.74) is 0.428. The van der Waals surface area contributed by atoms with Gasteiger partial charge < -0.3 is 15.1 Å². The van der Waals surface area contributed by atoms with Crippen molar-refractivity contribution in [1.29, 1.82) is 0 Å². The number of hydrogen-bond acceptors (Lipinski definition) is 5. The first-order valence-corrected chi connectivity index (χ1v) is 12.1. The van der Waals surface area contributed by atoms with Crippen molar-refractivity contribution in [3.63, 3.8) is 0 Å². The number of pyridine rings is 1. The van der Waals surface area contributed by atoms with Gasteiger partial charge in [0.05, 0.1) is 34.5 Å². The molecule has 0 bridgehead atoms. The predicted molar refractivity (Wildman–Crippen MR) is 114 cm³/mol. The van der Waals surface area contributed by atoms with Gasteiger partial charge in [-0.1, -0.05) is 0 Å². The smallest absolute Gasteiger partial charge is 0.368 e. The van der Waals surface area contributed by atoms with E-state index in [1.54, 1.807) is 22.2 Å². The first kappa shape index (κ1) is 22.4. The maximum atomic E-state index is 13.3. The Labute approximate surface area is 184 Å². The highest BCUT2D eigenvalue weighted by Gasteiger charge is 2.34. The second-order valence-corrected chi connectivity index (χ2v) is 10.2. The molecular weight excluding hydrogens is 445 g/mol. The predicted octanol–water partition coefficient (Wildman–Crippen LogP) is 3.70. The Morgan fingerprint density at radius 3 is 2.41 bits per heavy atom. The molecular formula is C21H23F3N4O3S. The Morgan fingerprint density at radius 2 is 1.75 bits per heavy atom. The van der Waals surface area contributed by atoms with Crippen molar-refractivity contribution < 1.29 is 26.4 Å². The third kappa shape index (κ3) is 4.82. The molecule has 0 spiro atoms. The lowest BCUT2D eigenvalue weighted by Gasteiger charge is -2.32. The monoisotopic (exact) mass is 468 g/mol. The summed E-state index contributed by atoms with van der Waals surface area (Å²) in [6, 6.07) is 6.11. The Bertz CT molecular complexity index is 1080. The van der Waals surface area contributed by atoms with Crippen LogP contribution in [0, 0.1) is 0 Å². The molecule has 172 valence electrons. The van der Waals surface area contributed by atoms with Gasteiger partial charge in [-0.2, -0.15) is 13.2 Å².